The van der Waals surface area contributed by atoms with Crippen molar-refractivity contribution in [1.29, 1.82) is 0 Å². The van der Waals surface area contributed by atoms with Crippen molar-refractivity contribution in [2.75, 3.05) is 29.9 Å². The van der Waals surface area contributed by atoms with E-state index in [4.69, 9.17) is 4.74 Å². The van der Waals surface area contributed by atoms with Gasteiger partial charge in [0, 0.05) is 13.1 Å². The predicted molar refractivity (Wildman–Crippen MR) is 93.3 cm³/mol. The Morgan fingerprint density at radius 1 is 1.00 bits per heavy atom. The maximum atomic E-state index is 11.9. The van der Waals surface area contributed by atoms with Gasteiger partial charge in [-0.2, -0.15) is 0 Å². The van der Waals surface area contributed by atoms with Crippen LogP contribution >= 0.6 is 0 Å². The Hall–Kier alpha value is -2.63. The zero-order valence-electron chi connectivity index (χ0n) is 13.6. The molecule has 0 spiro atoms. The highest BCUT2D eigenvalue weighted by atomic mass is 16.5. The van der Waals surface area contributed by atoms with Gasteiger partial charge in [0.1, 0.15) is 5.75 Å². The van der Waals surface area contributed by atoms with E-state index in [1.54, 1.807) is 6.07 Å². The van der Waals surface area contributed by atoms with Crippen molar-refractivity contribution in [2.45, 2.75) is 25.7 Å². The molecule has 6 heteroatoms. The first-order valence-corrected chi connectivity index (χ1v) is 8.38. The number of para-hydroxylation sites is 1. The molecule has 0 saturated carbocycles. The lowest BCUT2D eigenvalue weighted by Gasteiger charge is -2.20. The van der Waals surface area contributed by atoms with Gasteiger partial charge >= 0.3 is 0 Å². The summed E-state index contributed by atoms with van der Waals surface area (Å²) in [5.74, 6) is 1.72. The zero-order chi connectivity index (χ0) is 16.6. The topological polar surface area (TPSA) is 67.3 Å². The van der Waals surface area contributed by atoms with Gasteiger partial charge < -0.3 is 15.0 Å². The van der Waals surface area contributed by atoms with Crippen LogP contribution in [0.5, 0.6) is 5.75 Å². The van der Waals surface area contributed by atoms with Crippen molar-refractivity contribution in [2.24, 2.45) is 0 Å². The van der Waals surface area contributed by atoms with Gasteiger partial charge in [-0.1, -0.05) is 31.0 Å². The van der Waals surface area contributed by atoms with Gasteiger partial charge in [0.2, 0.25) is 0 Å². The summed E-state index contributed by atoms with van der Waals surface area (Å²) in [6.07, 6.45) is 4.94. The number of hydrogen-bond donors (Lipinski definition) is 1. The van der Waals surface area contributed by atoms with E-state index in [0.717, 1.165) is 18.9 Å². The number of ether oxygens (including phenoxy) is 1. The standard InChI is InChI=1S/C18H22N4O2/c23-18(14-24-15-8-4-3-5-9-15)19-16-10-11-17(21-20-16)22-12-6-1-2-7-13-22/h3-5,8-11H,1-2,6-7,12-14H2,(H,19,20,23). The molecule has 24 heavy (non-hydrogen) atoms. The highest BCUT2D eigenvalue weighted by Crippen LogP contribution is 2.17. The number of nitrogens with zero attached hydrogens (tertiary/aromatic N) is 3. The predicted octanol–water partition coefficient (Wildman–Crippen LogP) is 2.87. The van der Waals surface area contributed by atoms with Crippen LogP contribution in [0.15, 0.2) is 42.5 Å². The smallest absolute Gasteiger partial charge is 0.263 e. The molecule has 0 bridgehead atoms. The molecule has 1 amide bonds. The number of hydrogen-bond acceptors (Lipinski definition) is 5. The van der Waals surface area contributed by atoms with Crippen LogP contribution in [-0.4, -0.2) is 35.8 Å². The second-order valence-corrected chi connectivity index (χ2v) is 5.83. The van der Waals surface area contributed by atoms with Gasteiger partial charge in [0.15, 0.2) is 18.2 Å². The van der Waals surface area contributed by atoms with Crippen molar-refractivity contribution >= 4 is 17.5 Å². The van der Waals surface area contributed by atoms with Crippen LogP contribution in [0.25, 0.3) is 0 Å². The van der Waals surface area contributed by atoms with Gasteiger partial charge in [0.05, 0.1) is 0 Å². The molecule has 1 aliphatic heterocycles. The lowest BCUT2D eigenvalue weighted by atomic mass is 10.2. The van der Waals surface area contributed by atoms with Crippen LogP contribution in [0, 0.1) is 0 Å². The second-order valence-electron chi connectivity index (χ2n) is 5.83. The molecule has 0 atom stereocenters. The quantitative estimate of drug-likeness (QED) is 0.915. The van der Waals surface area contributed by atoms with Crippen LogP contribution < -0.4 is 15.0 Å². The third kappa shape index (κ3) is 4.68. The Balaban J connectivity index is 1.51. The Morgan fingerprint density at radius 2 is 1.75 bits per heavy atom. The number of rotatable bonds is 5. The minimum absolute atomic E-state index is 0.0560. The number of benzene rings is 1. The molecule has 0 radical (unpaired) electrons. The summed E-state index contributed by atoms with van der Waals surface area (Å²) in [4.78, 5) is 14.2. The van der Waals surface area contributed by atoms with Crippen LogP contribution in [-0.2, 0) is 4.79 Å². The van der Waals surface area contributed by atoms with E-state index in [0.29, 0.717) is 11.6 Å². The molecule has 1 fully saturated rings. The zero-order valence-corrected chi connectivity index (χ0v) is 13.6. The number of nitrogens with one attached hydrogen (secondary N) is 1. The van der Waals surface area contributed by atoms with Crippen molar-refractivity contribution in [3.8, 4) is 5.75 Å². The van der Waals surface area contributed by atoms with Gasteiger partial charge in [-0.05, 0) is 37.1 Å². The van der Waals surface area contributed by atoms with Crippen LogP contribution in [0.3, 0.4) is 0 Å². The maximum absolute atomic E-state index is 11.9. The Morgan fingerprint density at radius 3 is 2.42 bits per heavy atom. The molecule has 126 valence electrons. The lowest BCUT2D eigenvalue weighted by molar-refractivity contribution is -0.118. The lowest BCUT2D eigenvalue weighted by Crippen LogP contribution is -2.25. The SMILES string of the molecule is O=C(COc1ccccc1)Nc1ccc(N2CCCCCC2)nn1. The first-order chi connectivity index (χ1) is 11.8. The molecule has 1 N–H and O–H groups in total. The molecule has 1 aliphatic rings. The van der Waals surface area contributed by atoms with E-state index < -0.39 is 0 Å². The molecule has 0 unspecified atom stereocenters. The van der Waals surface area contributed by atoms with Gasteiger partial charge in [-0.3, -0.25) is 4.79 Å². The molecule has 1 aromatic carbocycles. The van der Waals surface area contributed by atoms with E-state index >= 15 is 0 Å². The number of carbonyl (C=O) groups is 1. The average Bonchev–Trinajstić information content (AvgIpc) is 2.91. The van der Waals surface area contributed by atoms with Crippen molar-refractivity contribution in [3.63, 3.8) is 0 Å². The molecule has 0 aliphatic carbocycles. The Kier molecular flexibility index (Phi) is 5.61. The largest absolute Gasteiger partial charge is 0.484 e. The van der Waals surface area contributed by atoms with Gasteiger partial charge in [0.25, 0.3) is 5.91 Å². The summed E-state index contributed by atoms with van der Waals surface area (Å²) in [6, 6.07) is 12.9. The molecule has 2 heterocycles. The van der Waals surface area contributed by atoms with E-state index in [2.05, 4.69) is 20.4 Å². The molecule has 6 nitrogen and oxygen atoms in total. The highest BCUT2D eigenvalue weighted by molar-refractivity contribution is 5.90. The van der Waals surface area contributed by atoms with Crippen LogP contribution in [0.1, 0.15) is 25.7 Å². The van der Waals surface area contributed by atoms with Gasteiger partial charge in [-0.25, -0.2) is 0 Å². The summed E-state index contributed by atoms with van der Waals surface area (Å²) < 4.78 is 5.40. The summed E-state index contributed by atoms with van der Waals surface area (Å²) in [6.45, 7) is 1.98. The normalized spacial score (nSPS) is 14.8. The number of anilines is 2. The van der Waals surface area contributed by atoms with Crippen LogP contribution in [0.2, 0.25) is 0 Å². The van der Waals surface area contributed by atoms with E-state index in [-0.39, 0.29) is 12.5 Å². The summed E-state index contributed by atoms with van der Waals surface area (Å²) >= 11 is 0. The van der Waals surface area contributed by atoms with E-state index in [1.807, 2.05) is 36.4 Å². The highest BCUT2D eigenvalue weighted by Gasteiger charge is 2.12. The monoisotopic (exact) mass is 326 g/mol. The summed E-state index contributed by atoms with van der Waals surface area (Å²) in [5.41, 5.74) is 0. The van der Waals surface area contributed by atoms with E-state index in [1.165, 1.54) is 25.7 Å². The van der Waals surface area contributed by atoms with E-state index in [9.17, 15) is 4.79 Å². The first-order valence-electron chi connectivity index (χ1n) is 8.38. The number of amides is 1. The number of aromatic nitrogens is 2. The first kappa shape index (κ1) is 16.2. The average molecular weight is 326 g/mol. The van der Waals surface area contributed by atoms with Crippen LogP contribution in [0.4, 0.5) is 11.6 Å². The summed E-state index contributed by atoms with van der Waals surface area (Å²) in [7, 11) is 0. The molecule has 3 rings (SSSR count). The Labute approximate surface area is 141 Å². The third-order valence-corrected chi connectivity index (χ3v) is 3.96. The van der Waals surface area contributed by atoms with Gasteiger partial charge in [-0.15, -0.1) is 10.2 Å². The molecule has 1 aromatic heterocycles. The second kappa shape index (κ2) is 8.29. The fourth-order valence-electron chi connectivity index (χ4n) is 2.70. The molecule has 1 saturated heterocycles. The summed E-state index contributed by atoms with van der Waals surface area (Å²) in [5, 5.41) is 11.0. The number of carbonyl (C=O) groups excluding carboxylic acids is 1. The minimum Gasteiger partial charge on any atom is -0.484 e. The van der Waals surface area contributed by atoms with Crippen molar-refractivity contribution in [3.05, 3.63) is 42.5 Å². The fourth-order valence-corrected chi connectivity index (χ4v) is 2.70. The minimum atomic E-state index is -0.254. The third-order valence-electron chi connectivity index (χ3n) is 3.96. The van der Waals surface area contributed by atoms with Crippen molar-refractivity contribution in [1.82, 2.24) is 10.2 Å². The molecule has 2 aromatic rings. The fraction of sp³-hybridized carbons (Fsp3) is 0.389. The van der Waals surface area contributed by atoms with Crippen molar-refractivity contribution < 1.29 is 9.53 Å². The molecular weight excluding hydrogens is 304 g/mol. The molecular formula is C18H22N4O2. The Bertz CT molecular complexity index is 638. The maximum Gasteiger partial charge on any atom is 0.263 e.